The third-order valence-electron chi connectivity index (χ3n) is 2.40. The zero-order valence-electron chi connectivity index (χ0n) is 10.6. The fourth-order valence-electron chi connectivity index (χ4n) is 1.48. The third kappa shape index (κ3) is 4.55. The number of likely N-dealkylation sites (N-methyl/N-ethyl adjacent to an activating group) is 1. The molecule has 1 aromatic rings. The molecule has 0 radical (unpaired) electrons. The van der Waals surface area contributed by atoms with Crippen molar-refractivity contribution in [2.45, 2.75) is 13.0 Å². The average molecular weight is 250 g/mol. The van der Waals surface area contributed by atoms with Gasteiger partial charge in [0.2, 0.25) is 5.91 Å². The maximum absolute atomic E-state index is 11.7. The van der Waals surface area contributed by atoms with Gasteiger partial charge in [0.05, 0.1) is 12.6 Å². The number of aliphatic hydroxyl groups is 1. The Morgan fingerprint density at radius 1 is 1.33 bits per heavy atom. The molecular weight excluding hydrogens is 232 g/mol. The minimum absolute atomic E-state index is 0.0725. The number of hydrogen-bond donors (Lipinski definition) is 2. The summed E-state index contributed by atoms with van der Waals surface area (Å²) in [5.74, 6) is -0.519. The van der Waals surface area contributed by atoms with Gasteiger partial charge in [-0.3, -0.25) is 9.59 Å². The molecule has 98 valence electrons. The van der Waals surface area contributed by atoms with Crippen LogP contribution < -0.4 is 5.32 Å². The lowest BCUT2D eigenvalue weighted by atomic mass is 10.2. The Labute approximate surface area is 106 Å². The number of nitrogens with one attached hydrogen (secondary N) is 1. The Hall–Kier alpha value is -1.88. The van der Waals surface area contributed by atoms with E-state index in [0.29, 0.717) is 5.56 Å². The van der Waals surface area contributed by atoms with E-state index in [1.54, 1.807) is 38.2 Å². The van der Waals surface area contributed by atoms with Crippen LogP contribution in [-0.4, -0.2) is 48.1 Å². The van der Waals surface area contributed by atoms with Gasteiger partial charge in [0, 0.05) is 19.2 Å². The first-order valence-corrected chi connectivity index (χ1v) is 5.76. The molecule has 0 saturated heterocycles. The first kappa shape index (κ1) is 14.2. The highest BCUT2D eigenvalue weighted by Gasteiger charge is 2.12. The van der Waals surface area contributed by atoms with Gasteiger partial charge in [0.15, 0.2) is 0 Å². The number of aliphatic hydroxyl groups excluding tert-OH is 1. The van der Waals surface area contributed by atoms with Crippen LogP contribution in [-0.2, 0) is 4.79 Å². The van der Waals surface area contributed by atoms with Crippen molar-refractivity contribution in [3.8, 4) is 0 Å². The maximum atomic E-state index is 11.7. The molecule has 2 amide bonds. The summed E-state index contributed by atoms with van der Waals surface area (Å²) < 4.78 is 0. The number of amides is 2. The molecule has 0 aliphatic rings. The number of nitrogens with zero attached hydrogens (tertiary/aromatic N) is 1. The van der Waals surface area contributed by atoms with Crippen LogP contribution in [0.15, 0.2) is 30.3 Å². The highest BCUT2D eigenvalue weighted by molar-refractivity contribution is 5.96. The van der Waals surface area contributed by atoms with Crippen LogP contribution >= 0.6 is 0 Å². The lowest BCUT2D eigenvalue weighted by Crippen LogP contribution is -2.40. The van der Waals surface area contributed by atoms with Crippen LogP contribution in [0.25, 0.3) is 0 Å². The largest absolute Gasteiger partial charge is 0.392 e. The molecule has 0 aliphatic heterocycles. The Bertz CT molecular complexity index is 404. The van der Waals surface area contributed by atoms with E-state index in [-0.39, 0.29) is 24.9 Å². The van der Waals surface area contributed by atoms with Crippen molar-refractivity contribution in [2.24, 2.45) is 0 Å². The first-order valence-electron chi connectivity index (χ1n) is 5.76. The molecule has 5 nitrogen and oxygen atoms in total. The molecule has 5 heteroatoms. The predicted molar refractivity (Wildman–Crippen MR) is 68.1 cm³/mol. The molecule has 0 spiro atoms. The maximum Gasteiger partial charge on any atom is 0.251 e. The molecule has 1 aromatic carbocycles. The molecule has 0 saturated carbocycles. The second-order valence-corrected chi connectivity index (χ2v) is 4.17. The van der Waals surface area contributed by atoms with E-state index in [2.05, 4.69) is 5.32 Å². The molecule has 0 aliphatic carbocycles. The zero-order valence-corrected chi connectivity index (χ0v) is 10.6. The predicted octanol–water partition coefficient (Wildman–Crippen LogP) is 0.256. The summed E-state index contributed by atoms with van der Waals surface area (Å²) in [5.41, 5.74) is 0.517. The summed E-state index contributed by atoms with van der Waals surface area (Å²) >= 11 is 0. The Kier molecular flexibility index (Phi) is 5.32. The van der Waals surface area contributed by atoms with Gasteiger partial charge in [-0.05, 0) is 19.1 Å². The molecule has 1 atom stereocenters. The Balaban J connectivity index is 2.41. The summed E-state index contributed by atoms with van der Waals surface area (Å²) in [4.78, 5) is 24.7. The summed E-state index contributed by atoms with van der Waals surface area (Å²) in [6, 6.07) is 8.70. The fraction of sp³-hybridized carbons (Fsp3) is 0.385. The van der Waals surface area contributed by atoms with Crippen molar-refractivity contribution >= 4 is 11.8 Å². The quantitative estimate of drug-likeness (QED) is 0.787. The van der Waals surface area contributed by atoms with Crippen LogP contribution in [0.4, 0.5) is 0 Å². The van der Waals surface area contributed by atoms with Crippen molar-refractivity contribution in [1.29, 1.82) is 0 Å². The lowest BCUT2D eigenvalue weighted by molar-refractivity contribution is -0.129. The standard InChI is InChI=1S/C13H18N2O3/c1-10(16)9-15(2)12(17)8-14-13(18)11-6-4-3-5-7-11/h3-7,10,16H,8-9H2,1-2H3,(H,14,18). The van der Waals surface area contributed by atoms with Gasteiger partial charge in [-0.2, -0.15) is 0 Å². The molecule has 2 N–H and O–H groups in total. The van der Waals surface area contributed by atoms with Crippen LogP contribution in [0.2, 0.25) is 0 Å². The second kappa shape index (κ2) is 6.76. The normalized spacial score (nSPS) is 11.7. The van der Waals surface area contributed by atoms with Gasteiger partial charge >= 0.3 is 0 Å². The number of carbonyl (C=O) groups excluding carboxylic acids is 2. The van der Waals surface area contributed by atoms with E-state index in [0.717, 1.165) is 0 Å². The lowest BCUT2D eigenvalue weighted by Gasteiger charge is -2.18. The number of hydrogen-bond acceptors (Lipinski definition) is 3. The van der Waals surface area contributed by atoms with Crippen molar-refractivity contribution in [3.05, 3.63) is 35.9 Å². The van der Waals surface area contributed by atoms with Crippen LogP contribution in [0.1, 0.15) is 17.3 Å². The molecular formula is C13H18N2O3. The first-order chi connectivity index (χ1) is 8.50. The van der Waals surface area contributed by atoms with Gasteiger partial charge in [0.25, 0.3) is 5.91 Å². The van der Waals surface area contributed by atoms with Crippen molar-refractivity contribution in [1.82, 2.24) is 10.2 Å². The monoisotopic (exact) mass is 250 g/mol. The molecule has 1 unspecified atom stereocenters. The number of carbonyl (C=O) groups is 2. The molecule has 0 aromatic heterocycles. The van der Waals surface area contributed by atoms with Crippen LogP contribution in [0.5, 0.6) is 0 Å². The van der Waals surface area contributed by atoms with Crippen molar-refractivity contribution in [3.63, 3.8) is 0 Å². The zero-order chi connectivity index (χ0) is 13.5. The van der Waals surface area contributed by atoms with E-state index < -0.39 is 6.10 Å². The van der Waals surface area contributed by atoms with Crippen molar-refractivity contribution in [2.75, 3.05) is 20.1 Å². The topological polar surface area (TPSA) is 69.6 Å². The average Bonchev–Trinajstić information content (AvgIpc) is 2.35. The molecule has 0 fully saturated rings. The van der Waals surface area contributed by atoms with Gasteiger partial charge in [0.1, 0.15) is 0 Å². The second-order valence-electron chi connectivity index (χ2n) is 4.17. The number of benzene rings is 1. The van der Waals surface area contributed by atoms with E-state index >= 15 is 0 Å². The number of rotatable bonds is 5. The minimum Gasteiger partial charge on any atom is -0.392 e. The Morgan fingerprint density at radius 3 is 2.50 bits per heavy atom. The smallest absolute Gasteiger partial charge is 0.251 e. The van der Waals surface area contributed by atoms with E-state index in [4.69, 9.17) is 5.11 Å². The minimum atomic E-state index is -0.580. The van der Waals surface area contributed by atoms with Gasteiger partial charge in [-0.15, -0.1) is 0 Å². The van der Waals surface area contributed by atoms with E-state index in [1.807, 2.05) is 6.07 Å². The van der Waals surface area contributed by atoms with E-state index in [1.165, 1.54) is 4.90 Å². The highest BCUT2D eigenvalue weighted by atomic mass is 16.3. The van der Waals surface area contributed by atoms with Gasteiger partial charge in [-0.1, -0.05) is 18.2 Å². The molecule has 1 rings (SSSR count). The molecule has 0 bridgehead atoms. The summed E-state index contributed by atoms with van der Waals surface area (Å²) in [7, 11) is 1.59. The van der Waals surface area contributed by atoms with Crippen molar-refractivity contribution < 1.29 is 14.7 Å². The third-order valence-corrected chi connectivity index (χ3v) is 2.40. The summed E-state index contributed by atoms with van der Waals surface area (Å²) in [6.07, 6.45) is -0.580. The fourth-order valence-corrected chi connectivity index (χ4v) is 1.48. The van der Waals surface area contributed by atoms with Crippen LogP contribution in [0.3, 0.4) is 0 Å². The molecule has 18 heavy (non-hydrogen) atoms. The van der Waals surface area contributed by atoms with Crippen LogP contribution in [0, 0.1) is 0 Å². The highest BCUT2D eigenvalue weighted by Crippen LogP contribution is 1.97. The summed E-state index contributed by atoms with van der Waals surface area (Å²) in [5, 5.41) is 11.7. The van der Waals surface area contributed by atoms with Gasteiger partial charge in [-0.25, -0.2) is 0 Å². The molecule has 0 heterocycles. The summed E-state index contributed by atoms with van der Waals surface area (Å²) in [6.45, 7) is 1.78. The Morgan fingerprint density at radius 2 is 1.94 bits per heavy atom. The van der Waals surface area contributed by atoms with E-state index in [9.17, 15) is 9.59 Å². The SMILES string of the molecule is CC(O)CN(C)C(=O)CNC(=O)c1ccccc1. The van der Waals surface area contributed by atoms with Gasteiger partial charge < -0.3 is 15.3 Å².